The maximum atomic E-state index is 2.49. The standard InChI is InChI=1S/C28H24/c1-28(21-12-3-2-4-13-21)24-16-8-7-15-23(24)27-22-14-6-5-10-19(22)18-20-11-9-17-25(28)26(20)27/h2-6,8-14,16,18,25H,7,15,17H2,1H3. The Labute approximate surface area is 166 Å². The molecule has 0 radical (unpaired) electrons. The van der Waals surface area contributed by atoms with E-state index in [2.05, 4.69) is 91.9 Å². The van der Waals surface area contributed by atoms with Crippen molar-refractivity contribution >= 4 is 22.4 Å². The number of benzene rings is 3. The molecular formula is C28H24. The Morgan fingerprint density at radius 2 is 1.71 bits per heavy atom. The molecule has 3 aromatic carbocycles. The van der Waals surface area contributed by atoms with Gasteiger partial charge in [-0.25, -0.2) is 0 Å². The van der Waals surface area contributed by atoms with Gasteiger partial charge in [0, 0.05) is 11.3 Å². The highest BCUT2D eigenvalue weighted by molar-refractivity contribution is 6.01. The highest BCUT2D eigenvalue weighted by Gasteiger charge is 2.46. The molecule has 0 fully saturated rings. The van der Waals surface area contributed by atoms with Crippen LogP contribution < -0.4 is 0 Å². The van der Waals surface area contributed by atoms with E-state index in [1.165, 1.54) is 27.5 Å². The fraction of sp³-hybridized carbons (Fsp3) is 0.214. The number of hydrogen-bond acceptors (Lipinski definition) is 0. The molecule has 0 aromatic heterocycles. The Morgan fingerprint density at radius 1 is 0.893 bits per heavy atom. The summed E-state index contributed by atoms with van der Waals surface area (Å²) in [6.45, 7) is 2.49. The van der Waals surface area contributed by atoms with Crippen molar-refractivity contribution in [3.63, 3.8) is 0 Å². The van der Waals surface area contributed by atoms with E-state index in [1.54, 1.807) is 16.7 Å². The highest BCUT2D eigenvalue weighted by atomic mass is 14.5. The third kappa shape index (κ3) is 2.01. The second-order valence-electron chi connectivity index (χ2n) is 8.57. The molecule has 2 unspecified atom stereocenters. The number of hydrogen-bond donors (Lipinski definition) is 0. The Hall–Kier alpha value is -2.86. The fourth-order valence-electron chi connectivity index (χ4n) is 5.94. The molecule has 0 aliphatic heterocycles. The molecule has 3 aliphatic rings. The predicted octanol–water partition coefficient (Wildman–Crippen LogP) is 7.42. The van der Waals surface area contributed by atoms with E-state index in [4.69, 9.17) is 0 Å². The fourth-order valence-corrected chi connectivity index (χ4v) is 5.94. The third-order valence-electron chi connectivity index (χ3n) is 7.24. The summed E-state index contributed by atoms with van der Waals surface area (Å²) in [4.78, 5) is 0. The van der Waals surface area contributed by atoms with Gasteiger partial charge in [-0.2, -0.15) is 0 Å². The molecule has 2 atom stereocenters. The summed E-state index contributed by atoms with van der Waals surface area (Å²) < 4.78 is 0. The molecule has 0 N–H and O–H groups in total. The SMILES string of the molecule is CC1(c2ccccc2)C2=C(CCC=C2)c2c3c(cc4ccccc24)C=CCC31. The molecule has 136 valence electrons. The minimum Gasteiger partial charge on any atom is -0.0839 e. The van der Waals surface area contributed by atoms with Gasteiger partial charge in [0.15, 0.2) is 0 Å². The number of fused-ring (bicyclic) bond motifs is 3. The first-order chi connectivity index (χ1) is 13.8. The normalized spacial score (nSPS) is 25.0. The summed E-state index contributed by atoms with van der Waals surface area (Å²) >= 11 is 0. The van der Waals surface area contributed by atoms with E-state index in [1.807, 2.05) is 0 Å². The Balaban J connectivity index is 1.78. The second-order valence-corrected chi connectivity index (χ2v) is 8.57. The van der Waals surface area contributed by atoms with Gasteiger partial charge in [-0.1, -0.05) is 85.8 Å². The molecule has 0 heterocycles. The van der Waals surface area contributed by atoms with E-state index in [0.717, 1.165) is 19.3 Å². The monoisotopic (exact) mass is 360 g/mol. The first kappa shape index (κ1) is 16.1. The van der Waals surface area contributed by atoms with Crippen LogP contribution in [-0.2, 0) is 5.41 Å². The molecule has 0 spiro atoms. The smallest absolute Gasteiger partial charge is 0.0249 e. The van der Waals surface area contributed by atoms with Gasteiger partial charge in [0.2, 0.25) is 0 Å². The average molecular weight is 361 g/mol. The lowest BCUT2D eigenvalue weighted by atomic mass is 9.55. The summed E-state index contributed by atoms with van der Waals surface area (Å²) in [5.74, 6) is 0.482. The zero-order valence-electron chi connectivity index (χ0n) is 16.3. The topological polar surface area (TPSA) is 0 Å². The Bertz CT molecular complexity index is 1190. The summed E-state index contributed by atoms with van der Waals surface area (Å²) in [7, 11) is 0. The lowest BCUT2D eigenvalue weighted by molar-refractivity contribution is 0.435. The van der Waals surface area contributed by atoms with Gasteiger partial charge >= 0.3 is 0 Å². The Kier molecular flexibility index (Phi) is 3.35. The molecule has 0 saturated carbocycles. The van der Waals surface area contributed by atoms with Gasteiger partial charge in [-0.15, -0.1) is 0 Å². The van der Waals surface area contributed by atoms with E-state index in [-0.39, 0.29) is 5.41 Å². The van der Waals surface area contributed by atoms with Crippen LogP contribution in [0.1, 0.15) is 54.4 Å². The maximum absolute atomic E-state index is 2.49. The highest BCUT2D eigenvalue weighted by Crippen LogP contribution is 2.59. The first-order valence-electron chi connectivity index (χ1n) is 10.5. The molecule has 0 nitrogen and oxygen atoms in total. The summed E-state index contributed by atoms with van der Waals surface area (Å²) in [5.41, 5.74) is 9.13. The molecule has 28 heavy (non-hydrogen) atoms. The molecule has 3 aromatic rings. The van der Waals surface area contributed by atoms with E-state index in [0.29, 0.717) is 5.92 Å². The molecule has 0 amide bonds. The van der Waals surface area contributed by atoms with Gasteiger partial charge in [-0.05, 0) is 69.5 Å². The van der Waals surface area contributed by atoms with Crippen LogP contribution >= 0.6 is 0 Å². The van der Waals surface area contributed by atoms with Crippen molar-refractivity contribution in [2.24, 2.45) is 0 Å². The van der Waals surface area contributed by atoms with Crippen LogP contribution in [0.3, 0.4) is 0 Å². The van der Waals surface area contributed by atoms with Crippen LogP contribution in [0.25, 0.3) is 22.4 Å². The molecule has 0 saturated heterocycles. The lowest BCUT2D eigenvalue weighted by Gasteiger charge is -2.48. The minimum atomic E-state index is 0.0163. The second kappa shape index (κ2) is 5.82. The average Bonchev–Trinajstić information content (AvgIpc) is 2.77. The van der Waals surface area contributed by atoms with Crippen LogP contribution in [0.5, 0.6) is 0 Å². The predicted molar refractivity (Wildman–Crippen MR) is 119 cm³/mol. The van der Waals surface area contributed by atoms with Crippen molar-refractivity contribution in [2.45, 2.75) is 37.5 Å². The zero-order chi connectivity index (χ0) is 18.7. The van der Waals surface area contributed by atoms with Crippen LogP contribution in [0.2, 0.25) is 0 Å². The first-order valence-corrected chi connectivity index (χ1v) is 10.5. The zero-order valence-corrected chi connectivity index (χ0v) is 16.3. The van der Waals surface area contributed by atoms with E-state index < -0.39 is 0 Å². The van der Waals surface area contributed by atoms with Crippen LogP contribution in [0, 0.1) is 0 Å². The van der Waals surface area contributed by atoms with Gasteiger partial charge in [0.25, 0.3) is 0 Å². The van der Waals surface area contributed by atoms with Gasteiger partial charge < -0.3 is 0 Å². The van der Waals surface area contributed by atoms with Crippen LogP contribution in [0.4, 0.5) is 0 Å². The largest absolute Gasteiger partial charge is 0.0839 e. The number of rotatable bonds is 1. The van der Waals surface area contributed by atoms with Crippen molar-refractivity contribution in [1.29, 1.82) is 0 Å². The lowest BCUT2D eigenvalue weighted by Crippen LogP contribution is -2.38. The van der Waals surface area contributed by atoms with Crippen molar-refractivity contribution in [3.05, 3.63) is 107 Å². The van der Waals surface area contributed by atoms with Crippen molar-refractivity contribution < 1.29 is 0 Å². The van der Waals surface area contributed by atoms with Crippen molar-refractivity contribution in [3.8, 4) is 0 Å². The molecule has 0 bridgehead atoms. The maximum Gasteiger partial charge on any atom is 0.0249 e. The molecular weight excluding hydrogens is 336 g/mol. The third-order valence-corrected chi connectivity index (χ3v) is 7.24. The molecule has 6 rings (SSSR count). The Morgan fingerprint density at radius 3 is 2.61 bits per heavy atom. The van der Waals surface area contributed by atoms with Crippen LogP contribution in [0.15, 0.2) is 84.5 Å². The summed E-state index contributed by atoms with van der Waals surface area (Å²) in [6.07, 6.45) is 13.0. The minimum absolute atomic E-state index is 0.0163. The van der Waals surface area contributed by atoms with Gasteiger partial charge in [-0.3, -0.25) is 0 Å². The van der Waals surface area contributed by atoms with Crippen molar-refractivity contribution in [1.82, 2.24) is 0 Å². The van der Waals surface area contributed by atoms with Crippen molar-refractivity contribution in [2.75, 3.05) is 0 Å². The van der Waals surface area contributed by atoms with E-state index >= 15 is 0 Å². The van der Waals surface area contributed by atoms with Gasteiger partial charge in [0.05, 0.1) is 0 Å². The molecule has 0 heteroatoms. The van der Waals surface area contributed by atoms with Crippen LogP contribution in [-0.4, -0.2) is 0 Å². The quantitative estimate of drug-likeness (QED) is 0.424. The molecule has 3 aliphatic carbocycles. The van der Waals surface area contributed by atoms with E-state index in [9.17, 15) is 0 Å². The summed E-state index contributed by atoms with van der Waals surface area (Å²) in [5, 5.41) is 2.80. The number of allylic oxidation sites excluding steroid dienone is 5. The summed E-state index contributed by atoms with van der Waals surface area (Å²) in [6, 6.07) is 22.6. The van der Waals surface area contributed by atoms with Gasteiger partial charge in [0.1, 0.15) is 0 Å².